The highest BCUT2D eigenvalue weighted by atomic mass is 19.1. The molecular formula is C119H95FN4O2. The van der Waals surface area contributed by atoms with E-state index in [2.05, 4.69) is 410 Å². The molecule has 0 saturated heterocycles. The van der Waals surface area contributed by atoms with Crippen molar-refractivity contribution in [3.8, 4) is 89.8 Å². The fraction of sp³-hybridized carbons (Fsp3) is 0.126. The lowest BCUT2D eigenvalue weighted by Crippen LogP contribution is -2.23. The van der Waals surface area contributed by atoms with E-state index in [1.807, 2.05) is 66.7 Å². The van der Waals surface area contributed by atoms with E-state index < -0.39 is 5.41 Å². The number of furan rings is 2. The Balaban J connectivity index is 0.000000149. The minimum absolute atomic E-state index is 0.131. The Morgan fingerprint density at radius 2 is 0.460 bits per heavy atom. The van der Waals surface area contributed by atoms with Crippen molar-refractivity contribution in [1.82, 2.24) is 0 Å². The molecule has 0 amide bonds. The fourth-order valence-corrected chi connectivity index (χ4v) is 21.5. The van der Waals surface area contributed by atoms with E-state index in [0.717, 1.165) is 125 Å². The molecule has 0 fully saturated rings. The molecule has 0 saturated carbocycles. The minimum Gasteiger partial charge on any atom is -0.455 e. The molecule has 16 aromatic carbocycles. The van der Waals surface area contributed by atoms with Crippen LogP contribution in [0.25, 0.3) is 89.8 Å². The lowest BCUT2D eigenvalue weighted by molar-refractivity contribution is 0.592. The van der Waals surface area contributed by atoms with Gasteiger partial charge in [-0.2, -0.15) is 0 Å². The van der Waals surface area contributed by atoms with E-state index in [4.69, 9.17) is 8.83 Å². The maximum atomic E-state index is 17.3. The van der Waals surface area contributed by atoms with Crippen molar-refractivity contribution in [1.29, 1.82) is 0 Å². The van der Waals surface area contributed by atoms with Crippen LogP contribution in [0.15, 0.2) is 403 Å². The second-order valence-corrected chi connectivity index (χ2v) is 36.8. The summed E-state index contributed by atoms with van der Waals surface area (Å²) in [5.41, 5.74) is 36.7. The first-order chi connectivity index (χ1) is 61.2. The van der Waals surface area contributed by atoms with Gasteiger partial charge >= 0.3 is 0 Å². The highest BCUT2D eigenvalue weighted by Crippen LogP contribution is 2.66. The van der Waals surface area contributed by atoms with Crippen molar-refractivity contribution >= 4 is 68.2 Å². The highest BCUT2D eigenvalue weighted by molar-refractivity contribution is 5.98. The Morgan fingerprint density at radius 1 is 0.190 bits per heavy atom. The quantitative estimate of drug-likeness (QED) is 0.102. The number of halogens is 1. The number of benzene rings is 16. The van der Waals surface area contributed by atoms with E-state index in [1.165, 1.54) is 83.5 Å². The van der Waals surface area contributed by atoms with Gasteiger partial charge in [0.1, 0.15) is 28.9 Å². The average Bonchev–Trinajstić information content (AvgIpc) is 1.52. The van der Waals surface area contributed by atoms with Gasteiger partial charge in [-0.15, -0.1) is 0 Å². The predicted molar refractivity (Wildman–Crippen MR) is 520 cm³/mol. The normalized spacial score (nSPS) is 14.5. The third-order valence-electron chi connectivity index (χ3n) is 27.6. The van der Waals surface area contributed by atoms with Crippen LogP contribution in [0.4, 0.5) is 72.6 Å². The topological polar surface area (TPSA) is 39.2 Å². The van der Waals surface area contributed by atoms with Crippen molar-refractivity contribution in [2.24, 2.45) is 0 Å². The first-order valence-electron chi connectivity index (χ1n) is 44.0. The van der Waals surface area contributed by atoms with Gasteiger partial charge < -0.3 is 28.4 Å². The van der Waals surface area contributed by atoms with Gasteiger partial charge in [-0.3, -0.25) is 0 Å². The van der Waals surface area contributed by atoms with Gasteiger partial charge in [0.15, 0.2) is 0 Å². The molecule has 0 radical (unpaired) electrons. The van der Waals surface area contributed by atoms with Crippen LogP contribution in [-0.2, 0) is 27.1 Å². The number of anilines is 12. The number of hydrogen-bond donors (Lipinski definition) is 0. The van der Waals surface area contributed by atoms with E-state index in [1.54, 1.807) is 6.07 Å². The smallest absolute Gasteiger partial charge is 0.148 e. The summed E-state index contributed by atoms with van der Waals surface area (Å²) in [7, 11) is 0. The van der Waals surface area contributed by atoms with Crippen LogP contribution in [0.2, 0.25) is 0 Å². The molecule has 5 aliphatic carbocycles. The summed E-state index contributed by atoms with van der Waals surface area (Å²) in [4.78, 5) is 9.24. The van der Waals surface area contributed by atoms with E-state index in [-0.39, 0.29) is 27.5 Å². The summed E-state index contributed by atoms with van der Waals surface area (Å²) in [6, 6.07) is 140. The third-order valence-corrected chi connectivity index (χ3v) is 27.6. The second kappa shape index (κ2) is 29.5. The number of hydrogen-bond acceptors (Lipinski definition) is 6. The lowest BCUT2D eigenvalue weighted by atomic mass is 9.74. The van der Waals surface area contributed by atoms with Crippen LogP contribution in [0, 0.1) is 5.82 Å². The molecule has 0 bridgehead atoms. The maximum absolute atomic E-state index is 17.3. The summed E-state index contributed by atoms with van der Waals surface area (Å²) in [6.07, 6.45) is 0. The lowest BCUT2D eigenvalue weighted by Gasteiger charge is -2.31. The van der Waals surface area contributed by atoms with Crippen molar-refractivity contribution < 1.29 is 13.2 Å². The van der Waals surface area contributed by atoms with Crippen LogP contribution < -0.4 is 19.6 Å². The molecule has 23 rings (SSSR count). The van der Waals surface area contributed by atoms with Gasteiger partial charge in [0.05, 0.1) is 11.4 Å². The molecule has 6 nitrogen and oxygen atoms in total. The Hall–Kier alpha value is -14.8. The number of para-hydroxylation sites is 6. The Bertz CT molecular complexity index is 7220. The van der Waals surface area contributed by atoms with E-state index in [0.29, 0.717) is 5.69 Å². The highest BCUT2D eigenvalue weighted by Gasteiger charge is 2.53. The van der Waals surface area contributed by atoms with Crippen LogP contribution in [0.3, 0.4) is 0 Å². The second-order valence-electron chi connectivity index (χ2n) is 36.8. The Kier molecular flexibility index (Phi) is 18.1. The van der Waals surface area contributed by atoms with Crippen molar-refractivity contribution in [2.45, 2.75) is 96.3 Å². The van der Waals surface area contributed by atoms with Gasteiger partial charge in [0.2, 0.25) is 0 Å². The van der Waals surface area contributed by atoms with Crippen molar-refractivity contribution in [2.75, 3.05) is 19.6 Å². The maximum Gasteiger partial charge on any atom is 0.148 e. The molecule has 126 heavy (non-hydrogen) atoms. The minimum atomic E-state index is -0.416. The standard InChI is InChI=1S/C61H50N2O.C58H45FN2O/c1-59(2)50-28-18-16-27-46(50)47-33-30-43(37-51(47)59)63(54-29-19-17-26-45(54)39-20-10-7-11-21-39)44-32-35-49-53(38-44)61(5,6)56-55-57(64-58(49)56)48-34-31-42(36-52(48)60(55,3)4)62(40-22-12-8-13-23-40)41-24-14-9-15-25-41;1-57(2)49-36-44(60(41-24-14-7-15-25-41)42-26-16-8-17-27-42)30-32-46(49)55-52(57)53-56(62-55)47-33-31-45(37-50(47)58(53,3)4)61(43-28-18-9-19-29-43)54-48(39-22-12-6-13-23-39)34-40(35-51(54)59)38-20-10-5-11-21-38/h7-38H,1-6H3;5-37H,1-4H3. The fourth-order valence-electron chi connectivity index (χ4n) is 21.5. The summed E-state index contributed by atoms with van der Waals surface area (Å²) < 4.78 is 31.6. The molecule has 0 aliphatic heterocycles. The monoisotopic (exact) mass is 1630 g/mol. The molecule has 0 unspecified atom stereocenters. The molecular weight excluding hydrogens is 1540 g/mol. The van der Waals surface area contributed by atoms with E-state index in [9.17, 15) is 0 Å². The van der Waals surface area contributed by atoms with E-state index >= 15 is 4.39 Å². The molecule has 5 aliphatic rings. The zero-order valence-electron chi connectivity index (χ0n) is 72.5. The molecule has 0 atom stereocenters. The van der Waals surface area contributed by atoms with Crippen molar-refractivity contribution in [3.63, 3.8) is 0 Å². The van der Waals surface area contributed by atoms with Gasteiger partial charge in [-0.25, -0.2) is 4.39 Å². The number of nitrogens with zero attached hydrogens (tertiary/aromatic N) is 4. The number of rotatable bonds is 15. The molecule has 2 aromatic heterocycles. The zero-order valence-corrected chi connectivity index (χ0v) is 72.5. The van der Waals surface area contributed by atoms with Gasteiger partial charge in [-0.1, -0.05) is 300 Å². The van der Waals surface area contributed by atoms with Gasteiger partial charge in [-0.05, 0) is 231 Å². The van der Waals surface area contributed by atoms with Gasteiger partial charge in [0, 0.05) is 140 Å². The molecule has 0 spiro atoms. The summed E-state index contributed by atoms with van der Waals surface area (Å²) in [5.74, 6) is 3.59. The molecule has 2 heterocycles. The number of fused-ring (bicyclic) bond motifs is 17. The average molecular weight is 1630 g/mol. The van der Waals surface area contributed by atoms with Crippen LogP contribution in [-0.4, -0.2) is 0 Å². The third kappa shape index (κ3) is 12.2. The largest absolute Gasteiger partial charge is 0.455 e. The van der Waals surface area contributed by atoms with Gasteiger partial charge in [0.25, 0.3) is 0 Å². The first kappa shape index (κ1) is 77.3. The SMILES string of the molecule is CC1(C)c2cc(N(c3ccccc3)c3ccccc3)ccc2-c2oc3c(c21)C(C)(C)c1cc(N(c2ccccc2)c2c(F)cc(-c4ccccc4)cc2-c2ccccc2)ccc1-3.CC1(C)c2ccccc2-c2ccc(N(c3ccc4c(c3)C(C)(C)c3c-4oc4c3C(C)(C)c3cc(N(c5ccccc5)c5ccccc5)ccc3-4)c3ccccc3-c3ccccc3)cc21. The van der Waals surface area contributed by atoms with Crippen LogP contribution in [0.5, 0.6) is 0 Å². The Labute approximate surface area is 738 Å². The van der Waals surface area contributed by atoms with Crippen molar-refractivity contribution in [3.05, 3.63) is 456 Å². The summed E-state index contributed by atoms with van der Waals surface area (Å²) in [6.45, 7) is 23.6. The molecule has 7 heteroatoms. The van der Waals surface area contributed by atoms with Crippen LogP contribution in [0.1, 0.15) is 125 Å². The Morgan fingerprint density at radius 3 is 0.833 bits per heavy atom. The first-order valence-corrected chi connectivity index (χ1v) is 44.0. The zero-order chi connectivity index (χ0) is 85.7. The summed E-state index contributed by atoms with van der Waals surface area (Å²) >= 11 is 0. The molecule has 18 aromatic rings. The predicted octanol–water partition coefficient (Wildman–Crippen LogP) is 33.1. The van der Waals surface area contributed by atoms with Crippen LogP contribution >= 0.6 is 0 Å². The molecule has 0 N–H and O–H groups in total. The summed E-state index contributed by atoms with van der Waals surface area (Å²) in [5, 5.41) is 0. The molecule has 610 valence electrons.